The Morgan fingerprint density at radius 3 is 3.11 bits per heavy atom. The number of rotatable bonds is 2. The minimum atomic E-state index is 0.332. The molecule has 0 saturated carbocycles. The van der Waals surface area contributed by atoms with Gasteiger partial charge in [0.05, 0.1) is 24.9 Å². The van der Waals surface area contributed by atoms with Crippen LogP contribution in [0.15, 0.2) is 0 Å². The molecule has 1 fully saturated rings. The van der Waals surface area contributed by atoms with Gasteiger partial charge in [-0.1, -0.05) is 0 Å². The number of fused-ring (bicyclic) bond motifs is 1. The molecule has 0 spiro atoms. The molecule has 6 heteroatoms. The molecule has 1 unspecified atom stereocenters. The molecule has 1 atom stereocenters. The summed E-state index contributed by atoms with van der Waals surface area (Å²) in [6, 6.07) is 0.332. The van der Waals surface area contributed by atoms with Gasteiger partial charge < -0.3 is 10.1 Å². The molecule has 0 bridgehead atoms. The minimum Gasteiger partial charge on any atom is -0.376 e. The normalized spacial score (nSPS) is 24.0. The average molecular weight is 280 g/mol. The maximum absolute atomic E-state index is 5.51. The van der Waals surface area contributed by atoms with Gasteiger partial charge in [0.2, 0.25) is 0 Å². The SMILES string of the molecule is CNc1nc(C2CSCCN2C)nc2c1COCC2. The number of hydrogen-bond acceptors (Lipinski definition) is 6. The summed E-state index contributed by atoms with van der Waals surface area (Å²) >= 11 is 1.99. The van der Waals surface area contributed by atoms with Gasteiger partial charge in [-0.2, -0.15) is 11.8 Å². The number of ether oxygens (including phenoxy) is 1. The van der Waals surface area contributed by atoms with E-state index in [1.807, 2.05) is 18.8 Å². The number of nitrogens with one attached hydrogen (secondary N) is 1. The Balaban J connectivity index is 1.97. The van der Waals surface area contributed by atoms with Crippen LogP contribution in [-0.4, -0.2) is 53.6 Å². The van der Waals surface area contributed by atoms with E-state index in [9.17, 15) is 0 Å². The molecule has 0 radical (unpaired) electrons. The quantitative estimate of drug-likeness (QED) is 0.881. The monoisotopic (exact) mass is 280 g/mol. The van der Waals surface area contributed by atoms with Crippen molar-refractivity contribution in [2.45, 2.75) is 19.1 Å². The number of nitrogens with zero attached hydrogens (tertiary/aromatic N) is 3. The van der Waals surface area contributed by atoms with Crippen molar-refractivity contribution >= 4 is 17.6 Å². The smallest absolute Gasteiger partial charge is 0.148 e. The predicted octanol–water partition coefficient (Wildman–Crippen LogP) is 1.31. The van der Waals surface area contributed by atoms with Crippen LogP contribution in [0, 0.1) is 0 Å². The second-order valence-electron chi connectivity index (χ2n) is 4.98. The summed E-state index contributed by atoms with van der Waals surface area (Å²) in [5.74, 6) is 4.17. The molecule has 0 aromatic carbocycles. The molecule has 3 heterocycles. The first-order valence-corrected chi connectivity index (χ1v) is 7.88. The molecule has 2 aliphatic rings. The summed E-state index contributed by atoms with van der Waals surface area (Å²) in [7, 11) is 4.08. The maximum atomic E-state index is 5.51. The van der Waals surface area contributed by atoms with E-state index in [1.54, 1.807) is 0 Å². The fourth-order valence-corrected chi connectivity index (χ4v) is 3.78. The molecule has 1 N–H and O–H groups in total. The summed E-state index contributed by atoms with van der Waals surface area (Å²) in [6.07, 6.45) is 0.892. The highest BCUT2D eigenvalue weighted by Crippen LogP contribution is 2.29. The van der Waals surface area contributed by atoms with Crippen molar-refractivity contribution in [3.05, 3.63) is 17.1 Å². The summed E-state index contributed by atoms with van der Waals surface area (Å²) in [6.45, 7) is 2.50. The van der Waals surface area contributed by atoms with Crippen LogP contribution in [0.25, 0.3) is 0 Å². The summed E-state index contributed by atoms with van der Waals surface area (Å²) < 4.78 is 5.51. The summed E-state index contributed by atoms with van der Waals surface area (Å²) in [5.41, 5.74) is 2.29. The van der Waals surface area contributed by atoms with Crippen LogP contribution in [0.3, 0.4) is 0 Å². The largest absolute Gasteiger partial charge is 0.376 e. The fraction of sp³-hybridized carbons (Fsp3) is 0.692. The molecule has 2 aliphatic heterocycles. The lowest BCUT2D eigenvalue weighted by Gasteiger charge is -2.32. The molecule has 1 aromatic heterocycles. The molecule has 3 rings (SSSR count). The van der Waals surface area contributed by atoms with Gasteiger partial charge in [-0.3, -0.25) is 4.90 Å². The zero-order valence-electron chi connectivity index (χ0n) is 11.5. The van der Waals surface area contributed by atoms with Crippen molar-refractivity contribution in [1.82, 2.24) is 14.9 Å². The molecule has 19 heavy (non-hydrogen) atoms. The van der Waals surface area contributed by atoms with E-state index in [1.165, 1.54) is 5.75 Å². The topological polar surface area (TPSA) is 50.3 Å². The van der Waals surface area contributed by atoms with Crippen LogP contribution in [0.5, 0.6) is 0 Å². The first-order valence-electron chi connectivity index (χ1n) is 6.72. The Bertz CT molecular complexity index is 451. The van der Waals surface area contributed by atoms with Gasteiger partial charge in [-0.15, -0.1) is 0 Å². The number of anilines is 1. The van der Waals surface area contributed by atoms with Crippen LogP contribution in [0.1, 0.15) is 23.1 Å². The van der Waals surface area contributed by atoms with Gasteiger partial charge in [0.1, 0.15) is 11.6 Å². The van der Waals surface area contributed by atoms with E-state index in [0.717, 1.165) is 48.2 Å². The zero-order valence-corrected chi connectivity index (χ0v) is 12.3. The molecule has 0 aliphatic carbocycles. The maximum Gasteiger partial charge on any atom is 0.148 e. The van der Waals surface area contributed by atoms with E-state index in [-0.39, 0.29) is 0 Å². The Labute approximate surface area is 118 Å². The average Bonchev–Trinajstić information content (AvgIpc) is 2.46. The second-order valence-corrected chi connectivity index (χ2v) is 6.13. The van der Waals surface area contributed by atoms with Crippen LogP contribution in [0.4, 0.5) is 5.82 Å². The third-order valence-electron chi connectivity index (χ3n) is 3.77. The zero-order chi connectivity index (χ0) is 13.2. The molecular weight excluding hydrogens is 260 g/mol. The van der Waals surface area contributed by atoms with Gasteiger partial charge in [0.15, 0.2) is 0 Å². The Kier molecular flexibility index (Phi) is 3.91. The molecular formula is C13H20N4OS. The number of aromatic nitrogens is 2. The number of hydrogen-bond donors (Lipinski definition) is 1. The minimum absolute atomic E-state index is 0.332. The highest BCUT2D eigenvalue weighted by atomic mass is 32.2. The molecule has 1 aromatic rings. The van der Waals surface area contributed by atoms with Crippen molar-refractivity contribution < 1.29 is 4.74 Å². The summed E-state index contributed by atoms with van der Waals surface area (Å²) in [5, 5.41) is 3.19. The van der Waals surface area contributed by atoms with Gasteiger partial charge in [0, 0.05) is 37.1 Å². The van der Waals surface area contributed by atoms with E-state index in [2.05, 4.69) is 17.3 Å². The van der Waals surface area contributed by atoms with Crippen molar-refractivity contribution in [3.8, 4) is 0 Å². The van der Waals surface area contributed by atoms with Crippen LogP contribution in [0.2, 0.25) is 0 Å². The number of thioether (sulfide) groups is 1. The highest BCUT2D eigenvalue weighted by molar-refractivity contribution is 7.99. The molecule has 1 saturated heterocycles. The highest BCUT2D eigenvalue weighted by Gasteiger charge is 2.26. The van der Waals surface area contributed by atoms with Gasteiger partial charge in [-0.25, -0.2) is 9.97 Å². The fourth-order valence-electron chi connectivity index (χ4n) is 2.57. The molecule has 5 nitrogen and oxygen atoms in total. The third-order valence-corrected chi connectivity index (χ3v) is 4.79. The first-order chi connectivity index (χ1) is 9.29. The Hall–Kier alpha value is -0.850. The third kappa shape index (κ3) is 2.57. The van der Waals surface area contributed by atoms with E-state index in [0.29, 0.717) is 12.6 Å². The van der Waals surface area contributed by atoms with Crippen LogP contribution >= 0.6 is 11.8 Å². The Morgan fingerprint density at radius 2 is 2.32 bits per heavy atom. The second kappa shape index (κ2) is 5.64. The summed E-state index contributed by atoms with van der Waals surface area (Å²) in [4.78, 5) is 11.9. The molecule has 104 valence electrons. The Morgan fingerprint density at radius 1 is 1.42 bits per heavy atom. The van der Waals surface area contributed by atoms with Crippen LogP contribution < -0.4 is 5.32 Å². The van der Waals surface area contributed by atoms with Crippen molar-refractivity contribution in [1.29, 1.82) is 0 Å². The lowest BCUT2D eigenvalue weighted by Crippen LogP contribution is -2.34. The van der Waals surface area contributed by atoms with E-state index in [4.69, 9.17) is 14.7 Å². The van der Waals surface area contributed by atoms with Gasteiger partial charge in [0.25, 0.3) is 0 Å². The van der Waals surface area contributed by atoms with Gasteiger partial charge >= 0.3 is 0 Å². The predicted molar refractivity (Wildman–Crippen MR) is 77.6 cm³/mol. The molecule has 0 amide bonds. The van der Waals surface area contributed by atoms with E-state index >= 15 is 0 Å². The first kappa shape index (κ1) is 13.1. The van der Waals surface area contributed by atoms with Crippen molar-refractivity contribution in [2.24, 2.45) is 0 Å². The standard InChI is InChI=1S/C13H20N4OS/c1-14-12-9-7-18-5-3-10(9)15-13(16-12)11-8-19-6-4-17(11)2/h11H,3-8H2,1-2H3,(H,14,15,16). The van der Waals surface area contributed by atoms with Crippen molar-refractivity contribution in [2.75, 3.05) is 44.1 Å². The van der Waals surface area contributed by atoms with Gasteiger partial charge in [-0.05, 0) is 7.05 Å². The van der Waals surface area contributed by atoms with Crippen molar-refractivity contribution in [3.63, 3.8) is 0 Å². The van der Waals surface area contributed by atoms with Crippen LogP contribution in [-0.2, 0) is 17.8 Å². The lowest BCUT2D eigenvalue weighted by atomic mass is 10.1. The van der Waals surface area contributed by atoms with E-state index < -0.39 is 0 Å². The lowest BCUT2D eigenvalue weighted by molar-refractivity contribution is 0.109.